The van der Waals surface area contributed by atoms with E-state index in [0.717, 1.165) is 25.3 Å². The molecule has 1 aliphatic carbocycles. The predicted molar refractivity (Wildman–Crippen MR) is 67.8 cm³/mol. The van der Waals surface area contributed by atoms with Crippen molar-refractivity contribution in [2.45, 2.75) is 70.4 Å². The van der Waals surface area contributed by atoms with Crippen molar-refractivity contribution in [3.8, 4) is 0 Å². The zero-order valence-electron chi connectivity index (χ0n) is 10.9. The Morgan fingerprint density at radius 2 is 2.00 bits per heavy atom. The summed E-state index contributed by atoms with van der Waals surface area (Å²) in [6.07, 6.45) is 10.4. The maximum absolute atomic E-state index is 11.0. The van der Waals surface area contributed by atoms with Crippen LogP contribution in [0.4, 0.5) is 0 Å². The molecule has 1 N–H and O–H groups in total. The fourth-order valence-electron chi connectivity index (χ4n) is 3.31. The lowest BCUT2D eigenvalue weighted by atomic mass is 9.83. The van der Waals surface area contributed by atoms with Gasteiger partial charge in [0.25, 0.3) is 0 Å². The molecule has 1 heterocycles. The molecular formula is C14H25NO2. The summed E-state index contributed by atoms with van der Waals surface area (Å²) in [5.41, 5.74) is 0. The average molecular weight is 239 g/mol. The number of carbonyl (C=O) groups excluding carboxylic acids is 1. The zero-order valence-corrected chi connectivity index (χ0v) is 10.9. The molecule has 1 saturated carbocycles. The molecule has 1 saturated heterocycles. The van der Waals surface area contributed by atoms with Gasteiger partial charge >= 0.3 is 5.97 Å². The van der Waals surface area contributed by atoms with Gasteiger partial charge in [0.1, 0.15) is 6.10 Å². The summed E-state index contributed by atoms with van der Waals surface area (Å²) in [6, 6.07) is 0.566. The molecule has 98 valence electrons. The standard InChI is InChI=1S/C14H25NO2/c1-11(16)17-14-7-8-15-13(10-14)9-12-5-3-2-4-6-12/h12-15H,2-10H2,1H3. The van der Waals surface area contributed by atoms with Gasteiger partial charge in [-0.25, -0.2) is 0 Å². The van der Waals surface area contributed by atoms with Gasteiger partial charge in [-0.3, -0.25) is 4.79 Å². The molecule has 1 aliphatic heterocycles. The van der Waals surface area contributed by atoms with Crippen LogP contribution in [0.25, 0.3) is 0 Å². The van der Waals surface area contributed by atoms with Crippen LogP contribution in [-0.2, 0) is 9.53 Å². The Labute approximate surface area is 104 Å². The highest BCUT2D eigenvalue weighted by Gasteiger charge is 2.26. The molecule has 17 heavy (non-hydrogen) atoms. The van der Waals surface area contributed by atoms with Gasteiger partial charge in [-0.15, -0.1) is 0 Å². The molecule has 0 aromatic heterocycles. The highest BCUT2D eigenvalue weighted by atomic mass is 16.5. The van der Waals surface area contributed by atoms with E-state index >= 15 is 0 Å². The summed E-state index contributed by atoms with van der Waals surface area (Å²) >= 11 is 0. The smallest absolute Gasteiger partial charge is 0.302 e. The Balaban J connectivity index is 1.74. The van der Waals surface area contributed by atoms with Gasteiger partial charge in [-0.1, -0.05) is 32.1 Å². The highest BCUT2D eigenvalue weighted by Crippen LogP contribution is 2.29. The number of ether oxygens (including phenoxy) is 1. The third-order valence-electron chi connectivity index (χ3n) is 4.12. The molecule has 2 aliphatic rings. The first-order chi connectivity index (χ1) is 8.24. The van der Waals surface area contributed by atoms with E-state index in [-0.39, 0.29) is 12.1 Å². The Kier molecular flexibility index (Phi) is 4.84. The van der Waals surface area contributed by atoms with Crippen molar-refractivity contribution < 1.29 is 9.53 Å². The number of esters is 1. The van der Waals surface area contributed by atoms with Crippen LogP contribution in [-0.4, -0.2) is 24.7 Å². The largest absolute Gasteiger partial charge is 0.462 e. The van der Waals surface area contributed by atoms with Crippen LogP contribution in [0.3, 0.4) is 0 Å². The van der Waals surface area contributed by atoms with Crippen molar-refractivity contribution in [2.75, 3.05) is 6.54 Å². The van der Waals surface area contributed by atoms with Crippen molar-refractivity contribution in [2.24, 2.45) is 5.92 Å². The van der Waals surface area contributed by atoms with Crippen LogP contribution in [0.2, 0.25) is 0 Å². The molecule has 3 nitrogen and oxygen atoms in total. The molecule has 0 bridgehead atoms. The minimum absolute atomic E-state index is 0.131. The first kappa shape index (κ1) is 12.9. The second-order valence-electron chi connectivity index (χ2n) is 5.65. The summed E-state index contributed by atoms with van der Waals surface area (Å²) < 4.78 is 5.33. The summed E-state index contributed by atoms with van der Waals surface area (Å²) in [4.78, 5) is 11.0. The van der Waals surface area contributed by atoms with E-state index in [1.165, 1.54) is 45.4 Å². The molecule has 3 heteroatoms. The monoisotopic (exact) mass is 239 g/mol. The van der Waals surface area contributed by atoms with Crippen LogP contribution in [0.1, 0.15) is 58.3 Å². The number of rotatable bonds is 3. The molecular weight excluding hydrogens is 214 g/mol. The van der Waals surface area contributed by atoms with Crippen LogP contribution >= 0.6 is 0 Å². The molecule has 0 amide bonds. The lowest BCUT2D eigenvalue weighted by Gasteiger charge is -2.33. The number of nitrogens with one attached hydrogen (secondary N) is 1. The van der Waals surface area contributed by atoms with Crippen molar-refractivity contribution in [3.05, 3.63) is 0 Å². The summed E-state index contributed by atoms with van der Waals surface area (Å²) in [6.45, 7) is 2.51. The topological polar surface area (TPSA) is 38.3 Å². The normalized spacial score (nSPS) is 31.1. The molecule has 2 fully saturated rings. The van der Waals surface area contributed by atoms with E-state index in [0.29, 0.717) is 6.04 Å². The van der Waals surface area contributed by atoms with Crippen LogP contribution in [0.15, 0.2) is 0 Å². The minimum atomic E-state index is -0.131. The van der Waals surface area contributed by atoms with Crippen LogP contribution in [0.5, 0.6) is 0 Å². The van der Waals surface area contributed by atoms with Crippen molar-refractivity contribution in [1.82, 2.24) is 5.32 Å². The maximum Gasteiger partial charge on any atom is 0.302 e. The Bertz CT molecular complexity index is 249. The van der Waals surface area contributed by atoms with E-state index in [9.17, 15) is 4.79 Å². The fourth-order valence-corrected chi connectivity index (χ4v) is 3.31. The highest BCUT2D eigenvalue weighted by molar-refractivity contribution is 5.66. The molecule has 0 aromatic rings. The molecule has 2 rings (SSSR count). The fraction of sp³-hybridized carbons (Fsp3) is 0.929. The quantitative estimate of drug-likeness (QED) is 0.769. The van der Waals surface area contributed by atoms with E-state index in [4.69, 9.17) is 4.74 Å². The second kappa shape index (κ2) is 6.39. The van der Waals surface area contributed by atoms with Crippen LogP contribution in [0, 0.1) is 5.92 Å². The first-order valence-electron chi connectivity index (χ1n) is 7.14. The molecule has 2 unspecified atom stereocenters. The van der Waals surface area contributed by atoms with Crippen molar-refractivity contribution >= 4 is 5.97 Å². The third-order valence-corrected chi connectivity index (χ3v) is 4.12. The lowest BCUT2D eigenvalue weighted by Crippen LogP contribution is -2.42. The number of hydrogen-bond acceptors (Lipinski definition) is 3. The van der Waals surface area contributed by atoms with E-state index in [2.05, 4.69) is 5.32 Å². The van der Waals surface area contributed by atoms with Gasteiger partial charge in [0.2, 0.25) is 0 Å². The molecule has 2 atom stereocenters. The van der Waals surface area contributed by atoms with Gasteiger partial charge in [-0.05, 0) is 31.7 Å². The molecule has 0 aromatic carbocycles. The SMILES string of the molecule is CC(=O)OC1CCNC(CC2CCCCC2)C1. The van der Waals surface area contributed by atoms with Gasteiger partial charge < -0.3 is 10.1 Å². The van der Waals surface area contributed by atoms with Crippen molar-refractivity contribution in [1.29, 1.82) is 0 Å². The average Bonchev–Trinajstić information content (AvgIpc) is 2.30. The number of piperidine rings is 1. The van der Waals surface area contributed by atoms with Gasteiger partial charge in [-0.2, -0.15) is 0 Å². The summed E-state index contributed by atoms with van der Waals surface area (Å²) in [5, 5.41) is 3.58. The summed E-state index contributed by atoms with van der Waals surface area (Å²) in [7, 11) is 0. The number of hydrogen-bond donors (Lipinski definition) is 1. The maximum atomic E-state index is 11.0. The van der Waals surface area contributed by atoms with E-state index in [1.54, 1.807) is 0 Å². The van der Waals surface area contributed by atoms with E-state index in [1.807, 2.05) is 0 Å². The van der Waals surface area contributed by atoms with Gasteiger partial charge in [0.15, 0.2) is 0 Å². The number of carbonyl (C=O) groups is 1. The second-order valence-corrected chi connectivity index (χ2v) is 5.65. The van der Waals surface area contributed by atoms with Gasteiger partial charge in [0.05, 0.1) is 0 Å². The van der Waals surface area contributed by atoms with Crippen molar-refractivity contribution in [3.63, 3.8) is 0 Å². The Hall–Kier alpha value is -0.570. The summed E-state index contributed by atoms with van der Waals surface area (Å²) in [5.74, 6) is 0.769. The molecule has 0 radical (unpaired) electrons. The lowest BCUT2D eigenvalue weighted by molar-refractivity contribution is -0.148. The zero-order chi connectivity index (χ0) is 12.1. The molecule has 0 spiro atoms. The van der Waals surface area contributed by atoms with Crippen LogP contribution < -0.4 is 5.32 Å². The van der Waals surface area contributed by atoms with E-state index < -0.39 is 0 Å². The first-order valence-corrected chi connectivity index (χ1v) is 7.14. The Morgan fingerprint density at radius 1 is 1.24 bits per heavy atom. The minimum Gasteiger partial charge on any atom is -0.462 e. The third kappa shape index (κ3) is 4.30. The Morgan fingerprint density at radius 3 is 2.71 bits per heavy atom. The predicted octanol–water partition coefficient (Wildman–Crippen LogP) is 2.64. The van der Waals surface area contributed by atoms with Gasteiger partial charge in [0, 0.05) is 13.0 Å².